The largest absolute Gasteiger partial charge is 0.260 e. The van der Waals surface area contributed by atoms with Gasteiger partial charge in [0.05, 0.1) is 6.20 Å². The number of hydrogen-bond acceptors (Lipinski definition) is 3. The molecule has 1 heterocycles. The summed E-state index contributed by atoms with van der Waals surface area (Å²) in [7, 11) is -3.63. The molecule has 1 rings (SSSR count). The molecule has 0 aromatic carbocycles. The van der Waals surface area contributed by atoms with Gasteiger partial charge >= 0.3 is 0 Å². The molecule has 1 aromatic rings. The van der Waals surface area contributed by atoms with Crippen LogP contribution in [0, 0.1) is 11.7 Å². The highest BCUT2D eigenvalue weighted by Gasteiger charge is 2.14. The first-order chi connectivity index (χ1) is 6.92. The maximum absolute atomic E-state index is 12.7. The fraction of sp³-hybridized carbons (Fsp3) is 0.444. The molecule has 0 aliphatic heterocycles. The minimum atomic E-state index is -3.63. The number of pyridine rings is 1. The molecule has 0 spiro atoms. The van der Waals surface area contributed by atoms with E-state index < -0.39 is 15.8 Å². The first-order valence-electron chi connectivity index (χ1n) is 4.52. The van der Waals surface area contributed by atoms with Crippen LogP contribution in [0.5, 0.6) is 0 Å². The lowest BCUT2D eigenvalue weighted by atomic mass is 10.2. The van der Waals surface area contributed by atoms with Gasteiger partial charge < -0.3 is 0 Å². The molecule has 0 unspecified atom stereocenters. The maximum atomic E-state index is 12.7. The predicted octanol–water partition coefficient (Wildman–Crippen LogP) is 1.16. The number of aromatic nitrogens is 1. The van der Waals surface area contributed by atoms with E-state index in [0.717, 1.165) is 18.5 Å². The van der Waals surface area contributed by atoms with Gasteiger partial charge in [-0.2, -0.15) is 0 Å². The first kappa shape index (κ1) is 12.1. The summed E-state index contributed by atoms with van der Waals surface area (Å²) in [5, 5.41) is 0. The minimum Gasteiger partial charge on any atom is -0.260 e. The van der Waals surface area contributed by atoms with Gasteiger partial charge in [-0.1, -0.05) is 13.8 Å². The van der Waals surface area contributed by atoms with Gasteiger partial charge in [-0.3, -0.25) is 4.98 Å². The summed E-state index contributed by atoms with van der Waals surface area (Å²) in [6.45, 7) is 4.08. The Hall–Kier alpha value is -1.01. The molecule has 0 saturated heterocycles. The highest BCUT2D eigenvalue weighted by Crippen LogP contribution is 2.08. The summed E-state index contributed by atoms with van der Waals surface area (Å²) in [4.78, 5) is 3.33. The van der Waals surface area contributed by atoms with Crippen LogP contribution < -0.4 is 4.72 Å². The summed E-state index contributed by atoms with van der Waals surface area (Å²) in [6, 6.07) is 0.940. The zero-order valence-corrected chi connectivity index (χ0v) is 9.38. The molecule has 6 heteroatoms. The number of sulfonamides is 1. The lowest BCUT2D eigenvalue weighted by Gasteiger charge is -2.08. The molecule has 0 aliphatic carbocycles. The van der Waals surface area contributed by atoms with Crippen molar-refractivity contribution in [2.24, 2.45) is 5.92 Å². The van der Waals surface area contributed by atoms with Crippen molar-refractivity contribution in [3.8, 4) is 0 Å². The van der Waals surface area contributed by atoms with Crippen LogP contribution in [0.1, 0.15) is 13.8 Å². The Morgan fingerprint density at radius 2 is 2.13 bits per heavy atom. The van der Waals surface area contributed by atoms with Crippen molar-refractivity contribution in [1.82, 2.24) is 9.71 Å². The van der Waals surface area contributed by atoms with Gasteiger partial charge in [0.15, 0.2) is 0 Å². The Balaban J connectivity index is 2.87. The van der Waals surface area contributed by atoms with E-state index >= 15 is 0 Å². The van der Waals surface area contributed by atoms with Gasteiger partial charge in [0.1, 0.15) is 10.7 Å². The summed E-state index contributed by atoms with van der Waals surface area (Å²) < 4.78 is 38.3. The highest BCUT2D eigenvalue weighted by atomic mass is 32.2. The van der Waals surface area contributed by atoms with E-state index in [-0.39, 0.29) is 10.8 Å². The lowest BCUT2D eigenvalue weighted by molar-refractivity contribution is 0.557. The van der Waals surface area contributed by atoms with E-state index in [9.17, 15) is 12.8 Å². The van der Waals surface area contributed by atoms with Crippen molar-refractivity contribution >= 4 is 10.0 Å². The zero-order chi connectivity index (χ0) is 11.5. The normalized spacial score (nSPS) is 12.0. The number of nitrogens with one attached hydrogen (secondary N) is 1. The summed E-state index contributed by atoms with van der Waals surface area (Å²) in [6.07, 6.45) is 2.08. The van der Waals surface area contributed by atoms with Gasteiger partial charge in [0.25, 0.3) is 0 Å². The van der Waals surface area contributed by atoms with Crippen LogP contribution in [0.3, 0.4) is 0 Å². The van der Waals surface area contributed by atoms with Crippen molar-refractivity contribution in [1.29, 1.82) is 0 Å². The van der Waals surface area contributed by atoms with Crippen LogP contribution in [0.4, 0.5) is 4.39 Å². The molecule has 0 bridgehead atoms. The second kappa shape index (κ2) is 4.67. The van der Waals surface area contributed by atoms with Crippen molar-refractivity contribution in [2.75, 3.05) is 6.54 Å². The molecule has 0 amide bonds. The number of nitrogens with zero attached hydrogens (tertiary/aromatic N) is 1. The Morgan fingerprint density at radius 3 is 2.67 bits per heavy atom. The van der Waals surface area contributed by atoms with Crippen LogP contribution in [0.2, 0.25) is 0 Å². The van der Waals surface area contributed by atoms with Crippen LogP contribution in [-0.4, -0.2) is 19.9 Å². The monoisotopic (exact) mass is 232 g/mol. The van der Waals surface area contributed by atoms with Gasteiger partial charge in [0.2, 0.25) is 10.0 Å². The molecule has 0 aliphatic rings. The molecule has 1 N–H and O–H groups in total. The van der Waals surface area contributed by atoms with Crippen molar-refractivity contribution in [3.05, 3.63) is 24.3 Å². The molecule has 1 aromatic heterocycles. The minimum absolute atomic E-state index is 0.150. The van der Waals surface area contributed by atoms with Crippen LogP contribution in [0.15, 0.2) is 23.4 Å². The van der Waals surface area contributed by atoms with Gasteiger partial charge in [0, 0.05) is 12.7 Å². The number of hydrogen-bond donors (Lipinski definition) is 1. The van der Waals surface area contributed by atoms with Crippen LogP contribution in [-0.2, 0) is 10.0 Å². The van der Waals surface area contributed by atoms with Crippen LogP contribution >= 0.6 is 0 Å². The average molecular weight is 232 g/mol. The fourth-order valence-corrected chi connectivity index (χ4v) is 2.09. The van der Waals surface area contributed by atoms with E-state index in [2.05, 4.69) is 9.71 Å². The molecular formula is C9H13FN2O2S. The number of halogens is 1. The highest BCUT2D eigenvalue weighted by molar-refractivity contribution is 7.89. The standard InChI is InChI=1S/C9H13FN2O2S/c1-7(2)4-12-15(13,14)9-3-8(10)5-11-6-9/h3,5-7,12H,4H2,1-2H3. The van der Waals surface area contributed by atoms with Crippen molar-refractivity contribution in [2.45, 2.75) is 18.7 Å². The third-order valence-electron chi connectivity index (χ3n) is 1.67. The Bertz CT molecular complexity index is 431. The summed E-state index contributed by atoms with van der Waals surface area (Å²) in [5.74, 6) is -0.469. The molecular weight excluding hydrogens is 219 g/mol. The van der Waals surface area contributed by atoms with E-state index in [0.29, 0.717) is 6.54 Å². The molecule has 4 nitrogen and oxygen atoms in total. The van der Waals surface area contributed by atoms with E-state index in [1.807, 2.05) is 13.8 Å². The van der Waals surface area contributed by atoms with E-state index in [1.54, 1.807) is 0 Å². The fourth-order valence-electron chi connectivity index (χ4n) is 0.899. The topological polar surface area (TPSA) is 59.1 Å². The first-order valence-corrected chi connectivity index (χ1v) is 6.00. The molecule has 84 valence electrons. The third kappa shape index (κ3) is 3.56. The smallest absolute Gasteiger partial charge is 0.242 e. The van der Waals surface area contributed by atoms with Gasteiger partial charge in [-0.25, -0.2) is 17.5 Å². The summed E-state index contributed by atoms with van der Waals surface area (Å²) in [5.41, 5.74) is 0. The Kier molecular flexibility index (Phi) is 3.76. The zero-order valence-electron chi connectivity index (χ0n) is 8.57. The quantitative estimate of drug-likeness (QED) is 0.847. The Morgan fingerprint density at radius 1 is 1.47 bits per heavy atom. The van der Waals surface area contributed by atoms with Gasteiger partial charge in [-0.15, -0.1) is 0 Å². The molecule has 0 saturated carbocycles. The molecule has 0 fully saturated rings. The molecule has 15 heavy (non-hydrogen) atoms. The second-order valence-corrected chi connectivity index (χ2v) is 5.35. The van der Waals surface area contributed by atoms with E-state index in [1.165, 1.54) is 0 Å². The average Bonchev–Trinajstić information content (AvgIpc) is 2.15. The number of rotatable bonds is 4. The maximum Gasteiger partial charge on any atom is 0.242 e. The molecule has 0 atom stereocenters. The summed E-state index contributed by atoms with van der Waals surface area (Å²) >= 11 is 0. The lowest BCUT2D eigenvalue weighted by Crippen LogP contribution is -2.27. The predicted molar refractivity (Wildman–Crippen MR) is 54.2 cm³/mol. The van der Waals surface area contributed by atoms with Crippen molar-refractivity contribution in [3.63, 3.8) is 0 Å². The Labute approximate surface area is 88.6 Å². The van der Waals surface area contributed by atoms with Crippen LogP contribution in [0.25, 0.3) is 0 Å². The molecule has 0 radical (unpaired) electrons. The van der Waals surface area contributed by atoms with Gasteiger partial charge in [-0.05, 0) is 12.0 Å². The van der Waals surface area contributed by atoms with Crippen molar-refractivity contribution < 1.29 is 12.8 Å². The third-order valence-corrected chi connectivity index (χ3v) is 3.06. The SMILES string of the molecule is CC(C)CNS(=O)(=O)c1cncc(F)c1. The van der Waals surface area contributed by atoms with E-state index in [4.69, 9.17) is 0 Å². The second-order valence-electron chi connectivity index (χ2n) is 3.58.